The van der Waals surface area contributed by atoms with E-state index in [0.29, 0.717) is 11.6 Å². The van der Waals surface area contributed by atoms with E-state index in [-0.39, 0.29) is 0 Å². The monoisotopic (exact) mass is 310 g/mol. The number of methoxy groups -OCH3 is 1. The van der Waals surface area contributed by atoms with E-state index in [4.69, 9.17) is 16.3 Å². The lowest BCUT2D eigenvalue weighted by Crippen LogP contribution is -1.98. The fraction of sp³-hybridized carbons (Fsp3) is 0.111. The zero-order valence-electron chi connectivity index (χ0n) is 12.2. The third-order valence-electron chi connectivity index (χ3n) is 3.39. The summed E-state index contributed by atoms with van der Waals surface area (Å²) in [5.74, 6) is 0.815. The lowest BCUT2D eigenvalue weighted by Gasteiger charge is -2.07. The van der Waals surface area contributed by atoms with Gasteiger partial charge in [0.2, 0.25) is 0 Å². The van der Waals surface area contributed by atoms with Crippen LogP contribution < -0.4 is 4.74 Å². The molecule has 0 aliphatic carbocycles. The molecule has 0 aliphatic heterocycles. The van der Waals surface area contributed by atoms with E-state index >= 15 is 0 Å². The fourth-order valence-electron chi connectivity index (χ4n) is 2.22. The first-order valence-corrected chi connectivity index (χ1v) is 7.34. The van der Waals surface area contributed by atoms with Crippen molar-refractivity contribution in [3.05, 3.63) is 77.2 Å². The van der Waals surface area contributed by atoms with E-state index in [1.54, 1.807) is 13.3 Å². The molecule has 0 amide bonds. The van der Waals surface area contributed by atoms with E-state index in [1.807, 2.05) is 42.5 Å². The molecule has 3 aromatic rings. The maximum absolute atomic E-state index is 6.19. The van der Waals surface area contributed by atoms with Crippen molar-refractivity contribution >= 4 is 11.6 Å². The van der Waals surface area contributed by atoms with Crippen molar-refractivity contribution in [2.24, 2.45) is 0 Å². The SMILES string of the molecule is COc1ccc(-c2cnc(Cl)c(Cc3ccccc3)n2)cc1. The predicted octanol–water partition coefficient (Wildman–Crippen LogP) is 4.40. The molecule has 0 saturated carbocycles. The number of benzene rings is 2. The van der Waals surface area contributed by atoms with Crippen LogP contribution in [0.5, 0.6) is 5.75 Å². The van der Waals surface area contributed by atoms with E-state index < -0.39 is 0 Å². The largest absolute Gasteiger partial charge is 0.497 e. The number of aromatic nitrogens is 2. The van der Waals surface area contributed by atoms with Gasteiger partial charge in [0.15, 0.2) is 5.15 Å². The van der Waals surface area contributed by atoms with Crippen LogP contribution in [0.2, 0.25) is 5.15 Å². The first-order chi connectivity index (χ1) is 10.8. The highest BCUT2D eigenvalue weighted by molar-refractivity contribution is 6.30. The molecule has 0 spiro atoms. The Balaban J connectivity index is 1.91. The van der Waals surface area contributed by atoms with Crippen LogP contribution in [0.4, 0.5) is 0 Å². The molecule has 0 bridgehead atoms. The Morgan fingerprint density at radius 1 is 1.00 bits per heavy atom. The first kappa shape index (κ1) is 14.5. The lowest BCUT2D eigenvalue weighted by molar-refractivity contribution is 0.415. The molecule has 22 heavy (non-hydrogen) atoms. The maximum atomic E-state index is 6.19. The second kappa shape index (κ2) is 6.58. The van der Waals surface area contributed by atoms with Crippen molar-refractivity contribution in [1.82, 2.24) is 9.97 Å². The van der Waals surface area contributed by atoms with E-state index in [0.717, 1.165) is 28.3 Å². The van der Waals surface area contributed by atoms with Crippen LogP contribution in [0.3, 0.4) is 0 Å². The summed E-state index contributed by atoms with van der Waals surface area (Å²) in [6.45, 7) is 0. The number of nitrogens with zero attached hydrogens (tertiary/aromatic N) is 2. The molecular formula is C18H15ClN2O. The van der Waals surface area contributed by atoms with Gasteiger partial charge in [0, 0.05) is 12.0 Å². The van der Waals surface area contributed by atoms with E-state index in [9.17, 15) is 0 Å². The Morgan fingerprint density at radius 3 is 2.41 bits per heavy atom. The number of hydrogen-bond donors (Lipinski definition) is 0. The normalized spacial score (nSPS) is 10.5. The molecule has 0 unspecified atom stereocenters. The van der Waals surface area contributed by atoms with Crippen molar-refractivity contribution in [2.75, 3.05) is 7.11 Å². The lowest BCUT2D eigenvalue weighted by atomic mass is 10.1. The number of hydrogen-bond acceptors (Lipinski definition) is 3. The third-order valence-corrected chi connectivity index (χ3v) is 3.71. The summed E-state index contributed by atoms with van der Waals surface area (Å²) in [6, 6.07) is 17.8. The Kier molecular flexibility index (Phi) is 4.35. The molecular weight excluding hydrogens is 296 g/mol. The average Bonchev–Trinajstić information content (AvgIpc) is 2.58. The minimum absolute atomic E-state index is 0.445. The molecule has 0 aliphatic rings. The summed E-state index contributed by atoms with van der Waals surface area (Å²) in [5, 5.41) is 0.445. The van der Waals surface area contributed by atoms with Gasteiger partial charge >= 0.3 is 0 Å². The topological polar surface area (TPSA) is 35.0 Å². The highest BCUT2D eigenvalue weighted by atomic mass is 35.5. The molecule has 1 heterocycles. The Morgan fingerprint density at radius 2 is 1.73 bits per heavy atom. The number of rotatable bonds is 4. The zero-order chi connectivity index (χ0) is 15.4. The summed E-state index contributed by atoms with van der Waals surface area (Å²) >= 11 is 6.19. The van der Waals surface area contributed by atoms with Gasteiger partial charge in [0.25, 0.3) is 0 Å². The Bertz CT molecular complexity index is 758. The van der Waals surface area contributed by atoms with Gasteiger partial charge in [0.05, 0.1) is 24.7 Å². The molecule has 3 rings (SSSR count). The van der Waals surface area contributed by atoms with Crippen molar-refractivity contribution in [1.29, 1.82) is 0 Å². The Hall–Kier alpha value is -2.39. The van der Waals surface area contributed by atoms with Crippen LogP contribution >= 0.6 is 11.6 Å². The summed E-state index contributed by atoms with van der Waals surface area (Å²) in [4.78, 5) is 8.92. The molecule has 4 heteroatoms. The molecule has 1 aromatic heterocycles. The molecule has 0 fully saturated rings. The van der Waals surface area contributed by atoms with Gasteiger partial charge in [-0.05, 0) is 29.8 Å². The highest BCUT2D eigenvalue weighted by Gasteiger charge is 2.08. The van der Waals surface area contributed by atoms with Gasteiger partial charge < -0.3 is 4.74 Å². The maximum Gasteiger partial charge on any atom is 0.150 e. The minimum Gasteiger partial charge on any atom is -0.497 e. The highest BCUT2D eigenvalue weighted by Crippen LogP contribution is 2.23. The Labute approximate surface area is 134 Å². The quantitative estimate of drug-likeness (QED) is 0.716. The van der Waals surface area contributed by atoms with Crippen LogP contribution in [-0.2, 0) is 6.42 Å². The van der Waals surface area contributed by atoms with Crippen LogP contribution in [0.25, 0.3) is 11.3 Å². The van der Waals surface area contributed by atoms with E-state index in [2.05, 4.69) is 22.1 Å². The van der Waals surface area contributed by atoms with Crippen LogP contribution in [0, 0.1) is 0 Å². The summed E-state index contributed by atoms with van der Waals surface area (Å²) in [6.07, 6.45) is 2.36. The smallest absolute Gasteiger partial charge is 0.150 e. The molecule has 0 radical (unpaired) electrons. The van der Waals surface area contributed by atoms with Gasteiger partial charge in [-0.25, -0.2) is 9.97 Å². The average molecular weight is 311 g/mol. The van der Waals surface area contributed by atoms with Crippen molar-refractivity contribution in [3.63, 3.8) is 0 Å². The third kappa shape index (κ3) is 3.26. The minimum atomic E-state index is 0.445. The van der Waals surface area contributed by atoms with E-state index in [1.165, 1.54) is 0 Å². The molecule has 0 N–H and O–H groups in total. The van der Waals surface area contributed by atoms with Gasteiger partial charge in [-0.3, -0.25) is 0 Å². The molecule has 110 valence electrons. The number of halogens is 1. The molecule has 3 nitrogen and oxygen atoms in total. The standard InChI is InChI=1S/C18H15ClN2O/c1-22-15-9-7-14(8-10-15)17-12-20-18(19)16(21-17)11-13-5-3-2-4-6-13/h2-10,12H,11H2,1H3. The zero-order valence-corrected chi connectivity index (χ0v) is 12.9. The summed E-state index contributed by atoms with van der Waals surface area (Å²) in [7, 11) is 1.65. The summed E-state index contributed by atoms with van der Waals surface area (Å²) in [5.41, 5.74) is 3.73. The molecule has 0 saturated heterocycles. The second-order valence-corrected chi connectivity index (χ2v) is 5.24. The number of ether oxygens (including phenoxy) is 1. The van der Waals surface area contributed by atoms with Gasteiger partial charge in [-0.15, -0.1) is 0 Å². The second-order valence-electron chi connectivity index (χ2n) is 4.88. The van der Waals surface area contributed by atoms with Crippen LogP contribution in [0.15, 0.2) is 60.8 Å². The fourth-order valence-corrected chi connectivity index (χ4v) is 2.37. The van der Waals surface area contributed by atoms with Crippen molar-refractivity contribution < 1.29 is 4.74 Å². The van der Waals surface area contributed by atoms with Gasteiger partial charge in [-0.2, -0.15) is 0 Å². The molecule has 2 aromatic carbocycles. The first-order valence-electron chi connectivity index (χ1n) is 6.96. The van der Waals surface area contributed by atoms with Crippen molar-refractivity contribution in [2.45, 2.75) is 6.42 Å². The van der Waals surface area contributed by atoms with Gasteiger partial charge in [0.1, 0.15) is 5.75 Å². The van der Waals surface area contributed by atoms with Crippen LogP contribution in [-0.4, -0.2) is 17.1 Å². The summed E-state index contributed by atoms with van der Waals surface area (Å²) < 4.78 is 5.17. The molecule has 0 atom stereocenters. The van der Waals surface area contributed by atoms with Crippen molar-refractivity contribution in [3.8, 4) is 17.0 Å². The van der Waals surface area contributed by atoms with Crippen LogP contribution in [0.1, 0.15) is 11.3 Å². The predicted molar refractivity (Wildman–Crippen MR) is 88.3 cm³/mol. The van der Waals surface area contributed by atoms with Gasteiger partial charge in [-0.1, -0.05) is 41.9 Å².